The van der Waals surface area contributed by atoms with Crippen molar-refractivity contribution in [3.63, 3.8) is 0 Å². The zero-order valence-corrected chi connectivity index (χ0v) is 16.6. The molecule has 2 aromatic rings. The third kappa shape index (κ3) is 4.86. The molecule has 0 atom stereocenters. The largest absolute Gasteiger partial charge is 0.334 e. The summed E-state index contributed by atoms with van der Waals surface area (Å²) in [5.74, 6) is 2.45. The Hall–Kier alpha value is -2.41. The summed E-state index contributed by atoms with van der Waals surface area (Å²) in [6.45, 7) is 5.89. The summed E-state index contributed by atoms with van der Waals surface area (Å²) in [4.78, 5) is 16.5. The predicted molar refractivity (Wildman–Crippen MR) is 105 cm³/mol. The van der Waals surface area contributed by atoms with E-state index in [4.69, 9.17) is 0 Å². The normalized spacial score (nSPS) is 15.3. The lowest BCUT2D eigenvalue weighted by atomic mass is 9.96. The maximum atomic E-state index is 12.4. The van der Waals surface area contributed by atoms with E-state index in [1.165, 1.54) is 0 Å². The summed E-state index contributed by atoms with van der Waals surface area (Å²) in [6, 6.07) is 10.0. The van der Waals surface area contributed by atoms with Gasteiger partial charge in [0.25, 0.3) is 0 Å². The molecule has 1 fully saturated rings. The van der Waals surface area contributed by atoms with Gasteiger partial charge in [-0.2, -0.15) is 0 Å². The maximum absolute atomic E-state index is 12.4. The topological polar surface area (TPSA) is 66.3 Å². The lowest BCUT2D eigenvalue weighted by molar-refractivity contribution is 0.179. The Balaban J connectivity index is 1.54. The molecule has 7 heteroatoms. The molecule has 7 nitrogen and oxygen atoms in total. The number of hydrogen-bond acceptors (Lipinski definition) is 4. The second-order valence-electron chi connectivity index (χ2n) is 7.36. The van der Waals surface area contributed by atoms with Crippen LogP contribution in [0.25, 0.3) is 0 Å². The fraction of sp³-hybridized carbons (Fsp3) is 0.550. The first kappa shape index (κ1) is 19.4. The molecule has 1 saturated heterocycles. The monoisotopic (exact) mass is 370 g/mol. The minimum Gasteiger partial charge on any atom is -0.334 e. The molecule has 0 unspecified atom stereocenters. The zero-order chi connectivity index (χ0) is 19.2. The van der Waals surface area contributed by atoms with Crippen LogP contribution in [-0.2, 0) is 19.6 Å². The summed E-state index contributed by atoms with van der Waals surface area (Å²) in [6.07, 6.45) is 1.86. The van der Waals surface area contributed by atoms with E-state index in [0.717, 1.165) is 56.2 Å². The highest BCUT2D eigenvalue weighted by Gasteiger charge is 2.27. The Bertz CT molecular complexity index is 734. The number of aromatic nitrogens is 3. The van der Waals surface area contributed by atoms with Crippen molar-refractivity contribution >= 4 is 6.03 Å². The molecule has 2 amide bonds. The number of urea groups is 1. The molecule has 146 valence electrons. The van der Waals surface area contributed by atoms with Crippen molar-refractivity contribution in [2.24, 2.45) is 0 Å². The number of hydrogen-bond donors (Lipinski definition) is 1. The molecular weight excluding hydrogens is 340 g/mol. The van der Waals surface area contributed by atoms with E-state index in [1.807, 2.05) is 49.3 Å². The zero-order valence-electron chi connectivity index (χ0n) is 16.6. The van der Waals surface area contributed by atoms with E-state index in [9.17, 15) is 4.79 Å². The molecule has 1 aromatic heterocycles. The van der Waals surface area contributed by atoms with E-state index in [2.05, 4.69) is 31.9 Å². The summed E-state index contributed by atoms with van der Waals surface area (Å²) in [5, 5.41) is 11.9. The molecule has 0 aliphatic carbocycles. The Kier molecular flexibility index (Phi) is 6.45. The van der Waals surface area contributed by atoms with Crippen molar-refractivity contribution < 1.29 is 4.79 Å². The predicted octanol–water partition coefficient (Wildman–Crippen LogP) is 2.45. The molecule has 0 bridgehead atoms. The van der Waals surface area contributed by atoms with Crippen molar-refractivity contribution in [1.29, 1.82) is 0 Å². The standard InChI is InChI=1S/C20H30N6O/c1-4-26-18(15-24(2)3)22-23-19(26)17-10-12-25(13-11-17)20(27)21-14-16-8-6-5-7-9-16/h5-9,17H,4,10-15H2,1-3H3,(H,21,27). The van der Waals surface area contributed by atoms with Crippen LogP contribution in [0.2, 0.25) is 0 Å². The van der Waals surface area contributed by atoms with E-state index >= 15 is 0 Å². The number of amides is 2. The van der Waals surface area contributed by atoms with E-state index in [0.29, 0.717) is 12.5 Å². The summed E-state index contributed by atoms with van der Waals surface area (Å²) >= 11 is 0. The van der Waals surface area contributed by atoms with Crippen LogP contribution >= 0.6 is 0 Å². The number of benzene rings is 1. The van der Waals surface area contributed by atoms with Crippen LogP contribution in [0.4, 0.5) is 4.79 Å². The molecule has 1 aliphatic rings. The average molecular weight is 371 g/mol. The summed E-state index contributed by atoms with van der Waals surface area (Å²) in [7, 11) is 4.09. The van der Waals surface area contributed by atoms with Gasteiger partial charge in [-0.25, -0.2) is 4.79 Å². The maximum Gasteiger partial charge on any atom is 0.317 e. The molecule has 1 aliphatic heterocycles. The highest BCUT2D eigenvalue weighted by Crippen LogP contribution is 2.27. The molecule has 3 rings (SSSR count). The van der Waals surface area contributed by atoms with Gasteiger partial charge in [-0.15, -0.1) is 10.2 Å². The van der Waals surface area contributed by atoms with Crippen LogP contribution in [0.1, 0.15) is 42.9 Å². The number of likely N-dealkylation sites (tertiary alicyclic amines) is 1. The van der Waals surface area contributed by atoms with Crippen LogP contribution in [0.3, 0.4) is 0 Å². The van der Waals surface area contributed by atoms with Crippen molar-refractivity contribution in [2.75, 3.05) is 27.2 Å². The molecular formula is C20H30N6O. The second-order valence-corrected chi connectivity index (χ2v) is 7.36. The Morgan fingerprint density at radius 3 is 2.52 bits per heavy atom. The van der Waals surface area contributed by atoms with Crippen molar-refractivity contribution in [2.45, 2.75) is 45.3 Å². The van der Waals surface area contributed by atoms with Crippen LogP contribution in [-0.4, -0.2) is 57.8 Å². The molecule has 0 saturated carbocycles. The van der Waals surface area contributed by atoms with E-state index in [-0.39, 0.29) is 6.03 Å². The Morgan fingerprint density at radius 2 is 1.89 bits per heavy atom. The van der Waals surface area contributed by atoms with Gasteiger partial charge in [0, 0.05) is 32.1 Å². The third-order valence-electron chi connectivity index (χ3n) is 5.06. The fourth-order valence-electron chi connectivity index (χ4n) is 3.62. The van der Waals surface area contributed by atoms with Crippen LogP contribution in [0.5, 0.6) is 0 Å². The average Bonchev–Trinajstić information content (AvgIpc) is 3.08. The van der Waals surface area contributed by atoms with Crippen LogP contribution in [0.15, 0.2) is 30.3 Å². The van der Waals surface area contributed by atoms with E-state index < -0.39 is 0 Å². The quantitative estimate of drug-likeness (QED) is 0.848. The number of rotatable bonds is 6. The number of nitrogens with zero attached hydrogens (tertiary/aromatic N) is 5. The van der Waals surface area contributed by atoms with E-state index in [1.54, 1.807) is 0 Å². The van der Waals surface area contributed by atoms with Crippen molar-refractivity contribution in [3.05, 3.63) is 47.5 Å². The third-order valence-corrected chi connectivity index (χ3v) is 5.06. The number of nitrogens with one attached hydrogen (secondary N) is 1. The SMILES string of the molecule is CCn1c(CN(C)C)nnc1C1CCN(C(=O)NCc2ccccc2)CC1. The molecule has 2 heterocycles. The molecule has 0 spiro atoms. The molecule has 1 aromatic carbocycles. The van der Waals surface area contributed by atoms with Gasteiger partial charge in [0.05, 0.1) is 6.54 Å². The lowest BCUT2D eigenvalue weighted by Crippen LogP contribution is -2.44. The summed E-state index contributed by atoms with van der Waals surface area (Å²) in [5.41, 5.74) is 1.12. The van der Waals surface area contributed by atoms with Crippen LogP contribution < -0.4 is 5.32 Å². The minimum atomic E-state index is 0.0163. The molecule has 1 N–H and O–H groups in total. The smallest absolute Gasteiger partial charge is 0.317 e. The van der Waals surface area contributed by atoms with Gasteiger partial charge in [0.15, 0.2) is 0 Å². The Labute approximate surface area is 161 Å². The van der Waals surface area contributed by atoms with Crippen molar-refractivity contribution in [1.82, 2.24) is 29.9 Å². The lowest BCUT2D eigenvalue weighted by Gasteiger charge is -2.31. The Morgan fingerprint density at radius 1 is 1.19 bits per heavy atom. The van der Waals surface area contributed by atoms with Gasteiger partial charge in [0.2, 0.25) is 0 Å². The number of carbonyl (C=O) groups is 1. The minimum absolute atomic E-state index is 0.0163. The van der Waals surface area contributed by atoms with Gasteiger partial charge in [-0.3, -0.25) is 0 Å². The van der Waals surface area contributed by atoms with Gasteiger partial charge in [-0.1, -0.05) is 30.3 Å². The van der Waals surface area contributed by atoms with Gasteiger partial charge >= 0.3 is 6.03 Å². The second kappa shape index (κ2) is 8.99. The highest BCUT2D eigenvalue weighted by atomic mass is 16.2. The van der Waals surface area contributed by atoms with Crippen LogP contribution in [0, 0.1) is 0 Å². The fourth-order valence-corrected chi connectivity index (χ4v) is 3.62. The first-order chi connectivity index (χ1) is 13.1. The van der Waals surface area contributed by atoms with Gasteiger partial charge in [0.1, 0.15) is 11.6 Å². The highest BCUT2D eigenvalue weighted by molar-refractivity contribution is 5.74. The number of piperidine rings is 1. The first-order valence-corrected chi connectivity index (χ1v) is 9.72. The van der Waals surface area contributed by atoms with Gasteiger partial charge < -0.3 is 19.7 Å². The first-order valence-electron chi connectivity index (χ1n) is 9.72. The van der Waals surface area contributed by atoms with Gasteiger partial charge in [-0.05, 0) is 39.4 Å². The molecule has 27 heavy (non-hydrogen) atoms. The summed E-state index contributed by atoms with van der Waals surface area (Å²) < 4.78 is 2.23. The number of carbonyl (C=O) groups excluding carboxylic acids is 1. The van der Waals surface area contributed by atoms with Crippen molar-refractivity contribution in [3.8, 4) is 0 Å². The molecule has 0 radical (unpaired) electrons.